The van der Waals surface area contributed by atoms with E-state index in [9.17, 15) is 5.11 Å². The van der Waals surface area contributed by atoms with E-state index >= 15 is 0 Å². The molecule has 0 bridgehead atoms. The molecule has 0 radical (unpaired) electrons. The molecule has 0 heterocycles. The fourth-order valence-corrected chi connectivity index (χ4v) is 3.19. The highest BCUT2D eigenvalue weighted by atomic mass is 35.5. The normalized spacial score (nSPS) is 23.4. The lowest BCUT2D eigenvalue weighted by atomic mass is 9.96. The van der Waals surface area contributed by atoms with Gasteiger partial charge in [0.05, 0.1) is 7.11 Å². The molecule has 20 heavy (non-hydrogen) atoms. The summed E-state index contributed by atoms with van der Waals surface area (Å²) in [6, 6.07) is 3.95. The second-order valence-corrected chi connectivity index (χ2v) is 6.15. The zero-order valence-electron chi connectivity index (χ0n) is 12.3. The molecule has 2 N–H and O–H groups in total. The Balaban J connectivity index is 2.04. The third-order valence-corrected chi connectivity index (χ3v) is 4.47. The molecule has 0 aliphatic heterocycles. The number of hydrogen-bond donors (Lipinski definition) is 2. The molecule has 112 valence electrons. The number of phenols is 1. The summed E-state index contributed by atoms with van der Waals surface area (Å²) in [7, 11) is 1.54. The summed E-state index contributed by atoms with van der Waals surface area (Å²) in [6.07, 6.45) is 6.43. The van der Waals surface area contributed by atoms with Gasteiger partial charge in [-0.15, -0.1) is 0 Å². The summed E-state index contributed by atoms with van der Waals surface area (Å²) < 4.78 is 5.14. The van der Waals surface area contributed by atoms with Crippen LogP contribution in [0.1, 0.15) is 44.6 Å². The molecule has 1 fully saturated rings. The number of nitrogens with one attached hydrogen (secondary N) is 1. The van der Waals surface area contributed by atoms with Crippen molar-refractivity contribution in [3.63, 3.8) is 0 Å². The van der Waals surface area contributed by atoms with Gasteiger partial charge in [0.15, 0.2) is 11.5 Å². The standard InChI is InChI=1S/C16H24ClNO2/c1-11-6-4-3-5-7-14(11)18-10-12-8-13(17)9-15(20-2)16(12)19/h8-9,11,14,18-19H,3-7,10H2,1-2H3. The van der Waals surface area contributed by atoms with Crippen molar-refractivity contribution in [3.8, 4) is 11.5 Å². The minimum Gasteiger partial charge on any atom is -0.504 e. The van der Waals surface area contributed by atoms with E-state index in [0.29, 0.717) is 29.3 Å². The van der Waals surface area contributed by atoms with Crippen LogP contribution in [0.25, 0.3) is 0 Å². The third kappa shape index (κ3) is 3.80. The van der Waals surface area contributed by atoms with E-state index in [1.54, 1.807) is 12.1 Å². The maximum Gasteiger partial charge on any atom is 0.162 e. The van der Waals surface area contributed by atoms with Crippen molar-refractivity contribution in [2.75, 3.05) is 7.11 Å². The second-order valence-electron chi connectivity index (χ2n) is 5.72. The first-order valence-electron chi connectivity index (χ1n) is 7.40. The summed E-state index contributed by atoms with van der Waals surface area (Å²) in [5.41, 5.74) is 0.797. The first-order chi connectivity index (χ1) is 9.61. The van der Waals surface area contributed by atoms with E-state index in [2.05, 4.69) is 12.2 Å². The monoisotopic (exact) mass is 297 g/mol. The van der Waals surface area contributed by atoms with Crippen LogP contribution in [0.3, 0.4) is 0 Å². The van der Waals surface area contributed by atoms with Crippen LogP contribution in [-0.4, -0.2) is 18.3 Å². The van der Waals surface area contributed by atoms with Crippen molar-refractivity contribution < 1.29 is 9.84 Å². The zero-order chi connectivity index (χ0) is 14.5. The van der Waals surface area contributed by atoms with Gasteiger partial charge in [-0.05, 0) is 24.8 Å². The van der Waals surface area contributed by atoms with Gasteiger partial charge in [0.25, 0.3) is 0 Å². The van der Waals surface area contributed by atoms with Crippen LogP contribution in [-0.2, 0) is 6.54 Å². The number of rotatable bonds is 4. The average molecular weight is 298 g/mol. The number of hydrogen-bond acceptors (Lipinski definition) is 3. The molecule has 2 atom stereocenters. The van der Waals surface area contributed by atoms with Gasteiger partial charge in [0, 0.05) is 29.2 Å². The molecule has 1 aromatic rings. The first kappa shape index (κ1) is 15.5. The van der Waals surface area contributed by atoms with Crippen LogP contribution in [0.5, 0.6) is 11.5 Å². The number of benzene rings is 1. The van der Waals surface area contributed by atoms with Crippen LogP contribution in [0.2, 0.25) is 5.02 Å². The van der Waals surface area contributed by atoms with Crippen molar-refractivity contribution in [1.29, 1.82) is 0 Å². The van der Waals surface area contributed by atoms with Crippen molar-refractivity contribution in [3.05, 3.63) is 22.7 Å². The van der Waals surface area contributed by atoms with Crippen molar-refractivity contribution in [1.82, 2.24) is 5.32 Å². The summed E-state index contributed by atoms with van der Waals surface area (Å²) in [6.45, 7) is 2.93. The van der Waals surface area contributed by atoms with Gasteiger partial charge in [0.1, 0.15) is 0 Å². The fraction of sp³-hybridized carbons (Fsp3) is 0.625. The lowest BCUT2D eigenvalue weighted by Crippen LogP contribution is -2.33. The summed E-state index contributed by atoms with van der Waals surface area (Å²) >= 11 is 6.06. The van der Waals surface area contributed by atoms with E-state index < -0.39 is 0 Å². The Morgan fingerprint density at radius 1 is 1.30 bits per heavy atom. The van der Waals surface area contributed by atoms with Gasteiger partial charge in [-0.1, -0.05) is 37.8 Å². The quantitative estimate of drug-likeness (QED) is 0.822. The summed E-state index contributed by atoms with van der Waals surface area (Å²) in [5.74, 6) is 1.30. The van der Waals surface area contributed by atoms with Gasteiger partial charge in [-0.25, -0.2) is 0 Å². The fourth-order valence-electron chi connectivity index (χ4n) is 2.96. The minimum absolute atomic E-state index is 0.186. The number of phenolic OH excluding ortho intramolecular Hbond substituents is 1. The molecule has 4 heteroatoms. The molecular formula is C16H24ClNO2. The van der Waals surface area contributed by atoms with Crippen LogP contribution in [0.4, 0.5) is 0 Å². The SMILES string of the molecule is COc1cc(Cl)cc(CNC2CCCCCC2C)c1O. The number of ether oxygens (including phenoxy) is 1. The number of methoxy groups -OCH3 is 1. The lowest BCUT2D eigenvalue weighted by molar-refractivity contribution is 0.346. The van der Waals surface area contributed by atoms with Crippen molar-refractivity contribution in [2.45, 2.75) is 51.6 Å². The van der Waals surface area contributed by atoms with Crippen LogP contribution >= 0.6 is 11.6 Å². The number of aromatic hydroxyl groups is 1. The second kappa shape index (κ2) is 7.19. The van der Waals surface area contributed by atoms with E-state index in [-0.39, 0.29) is 5.75 Å². The minimum atomic E-state index is 0.186. The molecule has 1 aromatic carbocycles. The molecule has 0 amide bonds. The molecule has 3 nitrogen and oxygen atoms in total. The highest BCUT2D eigenvalue weighted by Gasteiger charge is 2.20. The zero-order valence-corrected chi connectivity index (χ0v) is 13.0. The van der Waals surface area contributed by atoms with Crippen LogP contribution < -0.4 is 10.1 Å². The molecule has 1 aliphatic carbocycles. The van der Waals surface area contributed by atoms with Gasteiger partial charge in [-0.2, -0.15) is 0 Å². The Labute approximate surface area is 126 Å². The smallest absolute Gasteiger partial charge is 0.162 e. The molecule has 1 saturated carbocycles. The van der Waals surface area contributed by atoms with Gasteiger partial charge >= 0.3 is 0 Å². The van der Waals surface area contributed by atoms with Gasteiger partial charge < -0.3 is 15.2 Å². The molecule has 0 saturated heterocycles. The molecule has 1 aliphatic rings. The Bertz CT molecular complexity index is 450. The topological polar surface area (TPSA) is 41.5 Å². The Morgan fingerprint density at radius 2 is 2.05 bits per heavy atom. The molecule has 2 rings (SSSR count). The first-order valence-corrected chi connectivity index (χ1v) is 7.78. The molecule has 2 unspecified atom stereocenters. The Kier molecular flexibility index (Phi) is 5.55. The third-order valence-electron chi connectivity index (χ3n) is 4.25. The summed E-state index contributed by atoms with van der Waals surface area (Å²) in [5, 5.41) is 14.3. The summed E-state index contributed by atoms with van der Waals surface area (Å²) in [4.78, 5) is 0. The molecule has 0 spiro atoms. The van der Waals surface area contributed by atoms with E-state index in [4.69, 9.17) is 16.3 Å². The highest BCUT2D eigenvalue weighted by Crippen LogP contribution is 2.33. The maximum absolute atomic E-state index is 10.1. The Hall–Kier alpha value is -0.930. The largest absolute Gasteiger partial charge is 0.504 e. The predicted molar refractivity (Wildman–Crippen MR) is 82.5 cm³/mol. The number of halogens is 1. The highest BCUT2D eigenvalue weighted by molar-refractivity contribution is 6.30. The molecular weight excluding hydrogens is 274 g/mol. The van der Waals surface area contributed by atoms with Gasteiger partial charge in [0.2, 0.25) is 0 Å². The van der Waals surface area contributed by atoms with E-state index in [1.165, 1.54) is 39.2 Å². The maximum atomic E-state index is 10.1. The van der Waals surface area contributed by atoms with E-state index in [1.807, 2.05) is 0 Å². The van der Waals surface area contributed by atoms with E-state index in [0.717, 1.165) is 5.56 Å². The van der Waals surface area contributed by atoms with Crippen molar-refractivity contribution in [2.24, 2.45) is 5.92 Å². The van der Waals surface area contributed by atoms with Crippen LogP contribution in [0.15, 0.2) is 12.1 Å². The molecule has 0 aromatic heterocycles. The average Bonchev–Trinajstić information content (AvgIpc) is 2.64. The van der Waals surface area contributed by atoms with Crippen molar-refractivity contribution >= 4 is 11.6 Å². The van der Waals surface area contributed by atoms with Gasteiger partial charge in [-0.3, -0.25) is 0 Å². The van der Waals surface area contributed by atoms with Crippen LogP contribution in [0, 0.1) is 5.92 Å². The lowest BCUT2D eigenvalue weighted by Gasteiger charge is -2.23. The Morgan fingerprint density at radius 3 is 2.80 bits per heavy atom. The predicted octanol–water partition coefficient (Wildman–Crippen LogP) is 4.11.